The van der Waals surface area contributed by atoms with E-state index in [1.807, 2.05) is 36.4 Å². The van der Waals surface area contributed by atoms with E-state index in [1.165, 1.54) is 13.3 Å². The zero-order valence-corrected chi connectivity index (χ0v) is 24.3. The maximum atomic E-state index is 12.4. The molecule has 3 N–H and O–H groups in total. The number of para-hydroxylation sites is 2. The second-order valence-corrected chi connectivity index (χ2v) is 9.44. The molecule has 0 saturated carbocycles. The van der Waals surface area contributed by atoms with Gasteiger partial charge in [0.1, 0.15) is 5.75 Å². The second kappa shape index (κ2) is 14.4. The number of anilines is 2. The number of carbonyl (C=O) groups excluding carboxylic acids is 3. The van der Waals surface area contributed by atoms with Crippen molar-refractivity contribution in [3.05, 3.63) is 74.3 Å². The highest BCUT2D eigenvalue weighted by Crippen LogP contribution is 2.33. The molecule has 3 aromatic rings. The van der Waals surface area contributed by atoms with Crippen molar-refractivity contribution in [1.82, 2.24) is 5.43 Å². The highest BCUT2D eigenvalue weighted by Gasteiger charge is 2.16. The topological polar surface area (TPSA) is 127 Å². The molecule has 39 heavy (non-hydrogen) atoms. The Morgan fingerprint density at radius 3 is 2.46 bits per heavy atom. The first-order valence-corrected chi connectivity index (χ1v) is 13.1. The molecule has 0 radical (unpaired) electrons. The van der Waals surface area contributed by atoms with Gasteiger partial charge in [0.2, 0.25) is 0 Å². The number of nitrogens with one attached hydrogen (secondary N) is 3. The third kappa shape index (κ3) is 8.32. The van der Waals surface area contributed by atoms with E-state index in [-0.39, 0.29) is 12.5 Å². The first kappa shape index (κ1) is 29.7. The molecule has 0 spiro atoms. The highest BCUT2D eigenvalue weighted by molar-refractivity contribution is 14.1. The van der Waals surface area contributed by atoms with E-state index >= 15 is 0 Å². The monoisotopic (exact) mass is 664 g/mol. The van der Waals surface area contributed by atoms with E-state index < -0.39 is 11.8 Å². The molecule has 0 aliphatic carbocycles. The molecule has 0 unspecified atom stereocenters. The lowest BCUT2D eigenvalue weighted by atomic mass is 10.2. The maximum absolute atomic E-state index is 12.4. The SMILES string of the molecule is CCOc1ccccc1NC(=O)C(=O)N/N=C\c1cc(I)c(OCC(=O)Nc2cccc(Cl)c2C)c(OC)c1. The summed E-state index contributed by atoms with van der Waals surface area (Å²) in [5, 5.41) is 9.67. The summed E-state index contributed by atoms with van der Waals surface area (Å²) in [5.74, 6) is -1.06. The Balaban J connectivity index is 1.60. The number of amides is 3. The van der Waals surface area contributed by atoms with Gasteiger partial charge >= 0.3 is 11.8 Å². The molecule has 0 saturated heterocycles. The van der Waals surface area contributed by atoms with Gasteiger partial charge in [-0.2, -0.15) is 5.10 Å². The van der Waals surface area contributed by atoms with E-state index in [0.29, 0.717) is 49.4 Å². The number of hydrazone groups is 1. The zero-order chi connectivity index (χ0) is 28.4. The summed E-state index contributed by atoms with van der Waals surface area (Å²) in [4.78, 5) is 36.9. The summed E-state index contributed by atoms with van der Waals surface area (Å²) < 4.78 is 17.2. The Hall–Kier alpha value is -3.84. The molecule has 0 atom stereocenters. The van der Waals surface area contributed by atoms with Gasteiger partial charge < -0.3 is 24.8 Å². The molecule has 0 fully saturated rings. The zero-order valence-electron chi connectivity index (χ0n) is 21.3. The van der Waals surface area contributed by atoms with Gasteiger partial charge in [-0.25, -0.2) is 5.43 Å². The Kier molecular flexibility index (Phi) is 10.9. The number of rotatable bonds is 10. The normalized spacial score (nSPS) is 10.6. The summed E-state index contributed by atoms with van der Waals surface area (Å²) in [7, 11) is 1.46. The Morgan fingerprint density at radius 1 is 0.974 bits per heavy atom. The number of hydrogen-bond acceptors (Lipinski definition) is 7. The largest absolute Gasteiger partial charge is 0.493 e. The molecule has 3 aromatic carbocycles. The fourth-order valence-corrected chi connectivity index (χ4v) is 4.22. The lowest BCUT2D eigenvalue weighted by molar-refractivity contribution is -0.136. The molecule has 0 heterocycles. The molecular weight excluding hydrogens is 639 g/mol. The van der Waals surface area contributed by atoms with Crippen molar-refractivity contribution in [2.24, 2.45) is 5.10 Å². The number of methoxy groups -OCH3 is 1. The smallest absolute Gasteiger partial charge is 0.329 e. The molecule has 204 valence electrons. The third-order valence-corrected chi connectivity index (χ3v) is 6.37. The molecule has 3 amide bonds. The first-order valence-electron chi connectivity index (χ1n) is 11.6. The van der Waals surface area contributed by atoms with Gasteiger partial charge in [0.25, 0.3) is 5.91 Å². The van der Waals surface area contributed by atoms with E-state index in [2.05, 4.69) is 21.2 Å². The average molecular weight is 665 g/mol. The van der Waals surface area contributed by atoms with Crippen LogP contribution in [-0.4, -0.2) is 44.3 Å². The van der Waals surface area contributed by atoms with Crippen LogP contribution < -0.4 is 30.3 Å². The van der Waals surface area contributed by atoms with Crippen LogP contribution in [0.3, 0.4) is 0 Å². The van der Waals surface area contributed by atoms with E-state index in [9.17, 15) is 14.4 Å². The van der Waals surface area contributed by atoms with Crippen molar-refractivity contribution in [3.8, 4) is 17.2 Å². The fourth-order valence-electron chi connectivity index (χ4n) is 3.27. The third-order valence-electron chi connectivity index (χ3n) is 5.16. The van der Waals surface area contributed by atoms with E-state index in [0.717, 1.165) is 5.56 Å². The van der Waals surface area contributed by atoms with Gasteiger partial charge in [0.15, 0.2) is 18.1 Å². The molecule has 12 heteroatoms. The van der Waals surface area contributed by atoms with Crippen LogP contribution in [0.5, 0.6) is 17.2 Å². The molecule has 3 rings (SSSR count). The predicted molar refractivity (Wildman–Crippen MR) is 158 cm³/mol. The molecular formula is C27H26ClIN4O6. The summed E-state index contributed by atoms with van der Waals surface area (Å²) in [6.45, 7) is 3.77. The van der Waals surface area contributed by atoms with Crippen LogP contribution >= 0.6 is 34.2 Å². The molecule has 10 nitrogen and oxygen atoms in total. The van der Waals surface area contributed by atoms with Crippen LogP contribution in [0.25, 0.3) is 0 Å². The minimum absolute atomic E-state index is 0.261. The van der Waals surface area contributed by atoms with Crippen LogP contribution in [0.1, 0.15) is 18.1 Å². The second-order valence-electron chi connectivity index (χ2n) is 7.87. The standard InChI is InChI=1S/C27H26ClIN4O6/c1-4-38-22-11-6-5-9-21(22)32-26(35)27(36)33-30-14-17-12-19(29)25(23(13-17)37-3)39-15-24(34)31-20-10-7-8-18(28)16(20)2/h5-14H,4,15H2,1-3H3,(H,31,34)(H,32,35)(H,33,36)/b30-14-. The Bertz CT molecular complexity index is 1400. The highest BCUT2D eigenvalue weighted by atomic mass is 127. The minimum atomic E-state index is -0.958. The number of ether oxygens (including phenoxy) is 3. The van der Waals surface area contributed by atoms with Gasteiger partial charge in [-0.05, 0) is 84.0 Å². The summed E-state index contributed by atoms with van der Waals surface area (Å²) in [6.07, 6.45) is 1.35. The molecule has 0 bridgehead atoms. The average Bonchev–Trinajstić information content (AvgIpc) is 2.91. The number of benzene rings is 3. The van der Waals surface area contributed by atoms with Crippen molar-refractivity contribution in [1.29, 1.82) is 0 Å². The lowest BCUT2D eigenvalue weighted by Crippen LogP contribution is -2.32. The van der Waals surface area contributed by atoms with Crippen LogP contribution in [0, 0.1) is 10.5 Å². The quantitative estimate of drug-likeness (QED) is 0.124. The van der Waals surface area contributed by atoms with Crippen LogP contribution in [0.2, 0.25) is 5.02 Å². The van der Waals surface area contributed by atoms with Gasteiger partial charge in [0.05, 0.1) is 29.2 Å². The number of nitrogens with zero attached hydrogens (tertiary/aromatic N) is 1. The summed E-state index contributed by atoms with van der Waals surface area (Å²) in [6, 6.07) is 15.3. The minimum Gasteiger partial charge on any atom is -0.493 e. The van der Waals surface area contributed by atoms with Gasteiger partial charge in [-0.15, -0.1) is 0 Å². The predicted octanol–water partition coefficient (Wildman–Crippen LogP) is 4.77. The van der Waals surface area contributed by atoms with Crippen LogP contribution in [0.4, 0.5) is 11.4 Å². The molecule has 0 aliphatic heterocycles. The number of halogens is 2. The lowest BCUT2D eigenvalue weighted by Gasteiger charge is -2.14. The maximum Gasteiger partial charge on any atom is 0.329 e. The van der Waals surface area contributed by atoms with Gasteiger partial charge in [-0.3, -0.25) is 14.4 Å². The first-order chi connectivity index (χ1) is 18.7. The summed E-state index contributed by atoms with van der Waals surface area (Å²) in [5.41, 5.74) is 4.47. The van der Waals surface area contributed by atoms with Crippen molar-refractivity contribution in [2.45, 2.75) is 13.8 Å². The molecule has 0 aliphatic rings. The van der Waals surface area contributed by atoms with Gasteiger partial charge in [0, 0.05) is 10.7 Å². The van der Waals surface area contributed by atoms with E-state index in [1.54, 1.807) is 54.6 Å². The van der Waals surface area contributed by atoms with Crippen molar-refractivity contribution < 1.29 is 28.6 Å². The van der Waals surface area contributed by atoms with Gasteiger partial charge in [-0.1, -0.05) is 29.8 Å². The Morgan fingerprint density at radius 2 is 1.72 bits per heavy atom. The fraction of sp³-hybridized carbons (Fsp3) is 0.185. The summed E-state index contributed by atoms with van der Waals surface area (Å²) >= 11 is 8.14. The van der Waals surface area contributed by atoms with Crippen LogP contribution in [-0.2, 0) is 14.4 Å². The van der Waals surface area contributed by atoms with E-state index in [4.69, 9.17) is 25.8 Å². The number of carbonyl (C=O) groups is 3. The Labute approximate surface area is 244 Å². The van der Waals surface area contributed by atoms with Crippen molar-refractivity contribution >= 4 is 69.5 Å². The van der Waals surface area contributed by atoms with Crippen LogP contribution in [0.15, 0.2) is 59.7 Å². The van der Waals surface area contributed by atoms with Crippen molar-refractivity contribution in [2.75, 3.05) is 31.0 Å². The number of hydrogen-bond donors (Lipinski definition) is 3. The van der Waals surface area contributed by atoms with Crippen molar-refractivity contribution in [3.63, 3.8) is 0 Å². The molecule has 0 aromatic heterocycles.